The van der Waals surface area contributed by atoms with Crippen molar-refractivity contribution >= 4 is 23.0 Å². The van der Waals surface area contributed by atoms with E-state index in [0.29, 0.717) is 0 Å². The van der Waals surface area contributed by atoms with Crippen molar-refractivity contribution < 1.29 is 0 Å². The highest BCUT2D eigenvalue weighted by Gasteiger charge is 2.19. The van der Waals surface area contributed by atoms with Gasteiger partial charge in [-0.1, -0.05) is 18.2 Å². The van der Waals surface area contributed by atoms with Crippen molar-refractivity contribution in [3.63, 3.8) is 0 Å². The molecule has 3 rings (SSSR count). The van der Waals surface area contributed by atoms with Gasteiger partial charge < -0.3 is 15.1 Å². The van der Waals surface area contributed by atoms with Crippen LogP contribution in [0.15, 0.2) is 40.7 Å². The minimum Gasteiger partial charge on any atom is -0.368 e. The Balaban J connectivity index is 1.47. The summed E-state index contributed by atoms with van der Waals surface area (Å²) in [6, 6.07) is 10.6. The van der Waals surface area contributed by atoms with E-state index in [1.54, 1.807) is 11.3 Å². The second-order valence-electron chi connectivity index (χ2n) is 5.89. The van der Waals surface area contributed by atoms with Crippen LogP contribution < -0.4 is 10.2 Å². The molecule has 0 saturated carbocycles. The predicted octanol–water partition coefficient (Wildman–Crippen LogP) is 2.39. The van der Waals surface area contributed by atoms with E-state index in [1.165, 1.54) is 5.69 Å². The van der Waals surface area contributed by atoms with Gasteiger partial charge in [0.05, 0.1) is 10.7 Å². The van der Waals surface area contributed by atoms with Gasteiger partial charge in [0.1, 0.15) is 0 Å². The van der Waals surface area contributed by atoms with E-state index < -0.39 is 0 Å². The normalized spacial score (nSPS) is 15.7. The molecule has 0 radical (unpaired) electrons. The third-order valence-corrected chi connectivity index (χ3v) is 5.07. The molecule has 1 aromatic carbocycles. The Kier molecular flexibility index (Phi) is 5.69. The maximum atomic E-state index is 4.51. The SMILES string of the molecule is CN=C(NCCc1csc(C)n1)N1CCN(c2ccccc2)CC1. The minimum atomic E-state index is 0.870. The van der Waals surface area contributed by atoms with Gasteiger partial charge in [-0.15, -0.1) is 11.3 Å². The Morgan fingerprint density at radius 2 is 1.96 bits per heavy atom. The van der Waals surface area contributed by atoms with E-state index in [9.17, 15) is 0 Å². The Hall–Kier alpha value is -2.08. The molecule has 0 aliphatic carbocycles. The molecule has 24 heavy (non-hydrogen) atoms. The Labute approximate surface area is 148 Å². The summed E-state index contributed by atoms with van der Waals surface area (Å²) >= 11 is 1.71. The lowest BCUT2D eigenvalue weighted by Crippen LogP contribution is -2.52. The van der Waals surface area contributed by atoms with Crippen molar-refractivity contribution in [2.45, 2.75) is 13.3 Å². The first-order valence-electron chi connectivity index (χ1n) is 8.43. The number of piperazine rings is 1. The lowest BCUT2D eigenvalue weighted by molar-refractivity contribution is 0.373. The number of hydrogen-bond acceptors (Lipinski definition) is 4. The zero-order chi connectivity index (χ0) is 16.8. The van der Waals surface area contributed by atoms with Crippen molar-refractivity contribution in [2.75, 3.05) is 44.7 Å². The summed E-state index contributed by atoms with van der Waals surface area (Å²) in [6.07, 6.45) is 0.938. The highest BCUT2D eigenvalue weighted by Crippen LogP contribution is 2.15. The summed E-state index contributed by atoms with van der Waals surface area (Å²) in [5.41, 5.74) is 2.47. The smallest absolute Gasteiger partial charge is 0.193 e. The van der Waals surface area contributed by atoms with Gasteiger partial charge in [0.2, 0.25) is 0 Å². The maximum absolute atomic E-state index is 4.51. The van der Waals surface area contributed by atoms with Crippen LogP contribution in [0.4, 0.5) is 5.69 Å². The highest BCUT2D eigenvalue weighted by atomic mass is 32.1. The van der Waals surface area contributed by atoms with Gasteiger partial charge in [-0.25, -0.2) is 4.98 Å². The van der Waals surface area contributed by atoms with Crippen LogP contribution in [0, 0.1) is 6.92 Å². The van der Waals surface area contributed by atoms with Crippen LogP contribution in [-0.2, 0) is 6.42 Å². The standard InChI is InChI=1S/C18H25N5S/c1-15-21-16(14-24-15)8-9-20-18(19-2)23-12-10-22(11-13-23)17-6-4-3-5-7-17/h3-7,14H,8-13H2,1-2H3,(H,19,20). The van der Waals surface area contributed by atoms with Crippen LogP contribution in [0.1, 0.15) is 10.7 Å². The van der Waals surface area contributed by atoms with Crippen molar-refractivity contribution in [1.29, 1.82) is 0 Å². The number of nitrogens with zero attached hydrogens (tertiary/aromatic N) is 4. The van der Waals surface area contributed by atoms with Gasteiger partial charge in [0, 0.05) is 57.3 Å². The number of benzene rings is 1. The molecule has 0 unspecified atom stereocenters. The number of thiazole rings is 1. The van der Waals surface area contributed by atoms with E-state index in [-0.39, 0.29) is 0 Å². The van der Waals surface area contributed by atoms with Gasteiger partial charge in [-0.05, 0) is 19.1 Å². The average Bonchev–Trinajstić information content (AvgIpc) is 3.05. The molecule has 0 bridgehead atoms. The fourth-order valence-electron chi connectivity index (χ4n) is 2.97. The largest absolute Gasteiger partial charge is 0.368 e. The number of anilines is 1. The van der Waals surface area contributed by atoms with Crippen LogP contribution in [-0.4, -0.2) is 55.6 Å². The fourth-order valence-corrected chi connectivity index (χ4v) is 3.62. The Morgan fingerprint density at radius 3 is 2.58 bits per heavy atom. The first-order chi connectivity index (χ1) is 11.8. The molecule has 2 aromatic rings. The molecule has 5 nitrogen and oxygen atoms in total. The minimum absolute atomic E-state index is 0.870. The molecule has 2 heterocycles. The number of nitrogens with one attached hydrogen (secondary N) is 1. The summed E-state index contributed by atoms with van der Waals surface area (Å²) in [7, 11) is 1.86. The lowest BCUT2D eigenvalue weighted by Gasteiger charge is -2.37. The fraction of sp³-hybridized carbons (Fsp3) is 0.444. The van der Waals surface area contributed by atoms with Crippen LogP contribution in [0.5, 0.6) is 0 Å². The average molecular weight is 344 g/mol. The molecule has 0 amide bonds. The topological polar surface area (TPSA) is 43.8 Å². The summed E-state index contributed by atoms with van der Waals surface area (Å²) in [5, 5.41) is 6.74. The van der Waals surface area contributed by atoms with Crippen molar-refractivity contribution in [3.05, 3.63) is 46.4 Å². The molecular formula is C18H25N5S. The van der Waals surface area contributed by atoms with E-state index in [2.05, 4.69) is 60.8 Å². The molecule has 1 saturated heterocycles. The van der Waals surface area contributed by atoms with E-state index in [0.717, 1.165) is 55.8 Å². The van der Waals surface area contributed by atoms with Crippen LogP contribution in [0.25, 0.3) is 0 Å². The van der Waals surface area contributed by atoms with E-state index in [1.807, 2.05) is 14.0 Å². The number of aromatic nitrogens is 1. The van der Waals surface area contributed by atoms with Gasteiger partial charge in [0.15, 0.2) is 5.96 Å². The quantitative estimate of drug-likeness (QED) is 0.684. The highest BCUT2D eigenvalue weighted by molar-refractivity contribution is 7.09. The maximum Gasteiger partial charge on any atom is 0.193 e. The molecular weight excluding hydrogens is 318 g/mol. The van der Waals surface area contributed by atoms with Crippen LogP contribution in [0.2, 0.25) is 0 Å². The molecule has 1 aliphatic heterocycles. The second kappa shape index (κ2) is 8.15. The molecule has 1 N–H and O–H groups in total. The zero-order valence-corrected chi connectivity index (χ0v) is 15.2. The van der Waals surface area contributed by atoms with E-state index in [4.69, 9.17) is 0 Å². The number of hydrogen-bond donors (Lipinski definition) is 1. The molecule has 0 spiro atoms. The monoisotopic (exact) mass is 343 g/mol. The van der Waals surface area contributed by atoms with Gasteiger partial charge >= 0.3 is 0 Å². The zero-order valence-electron chi connectivity index (χ0n) is 14.4. The van der Waals surface area contributed by atoms with Crippen LogP contribution in [0.3, 0.4) is 0 Å². The first kappa shape index (κ1) is 16.8. The van der Waals surface area contributed by atoms with Crippen molar-refractivity contribution in [3.8, 4) is 0 Å². The van der Waals surface area contributed by atoms with Crippen LogP contribution >= 0.6 is 11.3 Å². The van der Waals surface area contributed by atoms with Crippen molar-refractivity contribution in [2.24, 2.45) is 4.99 Å². The Morgan fingerprint density at radius 1 is 1.21 bits per heavy atom. The van der Waals surface area contributed by atoms with E-state index >= 15 is 0 Å². The van der Waals surface area contributed by atoms with Gasteiger partial charge in [-0.2, -0.15) is 0 Å². The lowest BCUT2D eigenvalue weighted by atomic mass is 10.2. The second-order valence-corrected chi connectivity index (χ2v) is 6.95. The predicted molar refractivity (Wildman–Crippen MR) is 102 cm³/mol. The molecule has 1 aromatic heterocycles. The van der Waals surface area contributed by atoms with Gasteiger partial charge in [0.25, 0.3) is 0 Å². The number of para-hydroxylation sites is 1. The van der Waals surface area contributed by atoms with Crippen molar-refractivity contribution in [1.82, 2.24) is 15.2 Å². The first-order valence-corrected chi connectivity index (χ1v) is 9.31. The number of aliphatic imine (C=N–C) groups is 1. The Bertz CT molecular complexity index is 659. The molecule has 1 aliphatic rings. The third-order valence-electron chi connectivity index (χ3n) is 4.24. The molecule has 1 fully saturated rings. The molecule has 0 atom stereocenters. The van der Waals surface area contributed by atoms with Gasteiger partial charge in [-0.3, -0.25) is 4.99 Å². The number of rotatable bonds is 4. The molecule has 6 heteroatoms. The summed E-state index contributed by atoms with van der Waals surface area (Å²) in [5.74, 6) is 0.995. The third kappa shape index (κ3) is 4.26. The number of guanidine groups is 1. The summed E-state index contributed by atoms with van der Waals surface area (Å²) < 4.78 is 0. The summed E-state index contributed by atoms with van der Waals surface area (Å²) in [6.45, 7) is 6.95. The summed E-state index contributed by atoms with van der Waals surface area (Å²) in [4.78, 5) is 13.7. The number of aryl methyl sites for hydroxylation is 1. The molecule has 128 valence electrons.